The van der Waals surface area contributed by atoms with Crippen molar-refractivity contribution in [1.82, 2.24) is 10.2 Å². The lowest BCUT2D eigenvalue weighted by molar-refractivity contribution is -0.145. The molecule has 0 spiro atoms. The molecule has 102 valence electrons. The molecule has 0 saturated carbocycles. The number of nitrogens with one attached hydrogen (secondary N) is 1. The van der Waals surface area contributed by atoms with E-state index in [0.29, 0.717) is 25.9 Å². The molecule has 0 aromatic carbocycles. The van der Waals surface area contributed by atoms with Gasteiger partial charge in [0.1, 0.15) is 6.04 Å². The van der Waals surface area contributed by atoms with Gasteiger partial charge in [-0.1, -0.05) is 0 Å². The first-order chi connectivity index (χ1) is 8.40. The summed E-state index contributed by atoms with van der Waals surface area (Å²) < 4.78 is 0. The zero-order chi connectivity index (χ0) is 13.7. The Morgan fingerprint density at radius 3 is 2.28 bits per heavy atom. The van der Waals surface area contributed by atoms with Crippen LogP contribution in [-0.4, -0.2) is 58.3 Å². The van der Waals surface area contributed by atoms with Crippen LogP contribution in [0.25, 0.3) is 0 Å². The summed E-state index contributed by atoms with van der Waals surface area (Å²) in [4.78, 5) is 34.4. The van der Waals surface area contributed by atoms with E-state index in [4.69, 9.17) is 15.9 Å². The third-order valence-electron chi connectivity index (χ3n) is 2.80. The molecule has 0 aromatic rings. The Labute approximate surface area is 104 Å². The predicted octanol–water partition coefficient (Wildman–Crippen LogP) is -0.953. The van der Waals surface area contributed by atoms with E-state index in [-0.39, 0.29) is 6.04 Å². The molecule has 0 bridgehead atoms. The molecule has 1 atom stereocenters. The van der Waals surface area contributed by atoms with E-state index in [1.54, 1.807) is 0 Å². The summed E-state index contributed by atoms with van der Waals surface area (Å²) in [6.07, 6.45) is 0.669. The highest BCUT2D eigenvalue weighted by molar-refractivity contribution is 5.86. The van der Waals surface area contributed by atoms with Crippen LogP contribution in [0.1, 0.15) is 19.3 Å². The van der Waals surface area contributed by atoms with E-state index >= 15 is 0 Å². The Kier molecular flexibility index (Phi) is 4.90. The van der Waals surface area contributed by atoms with Gasteiger partial charge in [0, 0.05) is 19.1 Å². The van der Waals surface area contributed by atoms with Gasteiger partial charge in [0.2, 0.25) is 0 Å². The van der Waals surface area contributed by atoms with Crippen LogP contribution in [0.4, 0.5) is 4.79 Å². The lowest BCUT2D eigenvalue weighted by Crippen LogP contribution is -2.52. The average molecular weight is 259 g/mol. The maximum Gasteiger partial charge on any atom is 0.326 e. The molecule has 18 heavy (non-hydrogen) atoms. The van der Waals surface area contributed by atoms with Crippen molar-refractivity contribution in [3.63, 3.8) is 0 Å². The Morgan fingerprint density at radius 1 is 1.28 bits per heavy atom. The number of nitrogens with zero attached hydrogens (tertiary/aromatic N) is 1. The molecular formula is C10H17N3O5. The van der Waals surface area contributed by atoms with Gasteiger partial charge in [-0.05, 0) is 12.8 Å². The maximum absolute atomic E-state index is 11.7. The number of carbonyl (C=O) groups is 3. The number of aliphatic carboxylic acids is 2. The second-order valence-corrected chi connectivity index (χ2v) is 4.26. The summed E-state index contributed by atoms with van der Waals surface area (Å²) >= 11 is 0. The fourth-order valence-electron chi connectivity index (χ4n) is 1.72. The van der Waals surface area contributed by atoms with E-state index in [1.165, 1.54) is 4.90 Å². The number of rotatable bonds is 4. The van der Waals surface area contributed by atoms with Crippen LogP contribution in [0.5, 0.6) is 0 Å². The number of carboxylic acid groups (broad SMARTS) is 2. The van der Waals surface area contributed by atoms with E-state index < -0.39 is 30.4 Å². The largest absolute Gasteiger partial charge is 0.481 e. The first-order valence-corrected chi connectivity index (χ1v) is 5.65. The summed E-state index contributed by atoms with van der Waals surface area (Å²) in [6, 6.07) is -1.91. The maximum atomic E-state index is 11.7. The molecule has 5 N–H and O–H groups in total. The molecule has 0 aromatic heterocycles. The van der Waals surface area contributed by atoms with Gasteiger partial charge < -0.3 is 26.2 Å². The Hall–Kier alpha value is -1.83. The second kappa shape index (κ2) is 6.20. The third-order valence-corrected chi connectivity index (χ3v) is 2.80. The minimum Gasteiger partial charge on any atom is -0.481 e. The highest BCUT2D eigenvalue weighted by Gasteiger charge is 2.27. The van der Waals surface area contributed by atoms with Gasteiger partial charge in [0.15, 0.2) is 0 Å². The fraction of sp³-hybridized carbons (Fsp3) is 0.700. The van der Waals surface area contributed by atoms with E-state index in [9.17, 15) is 14.4 Å². The van der Waals surface area contributed by atoms with Gasteiger partial charge in [-0.25, -0.2) is 9.59 Å². The number of hydrogen-bond donors (Lipinski definition) is 4. The minimum atomic E-state index is -1.41. The fourth-order valence-corrected chi connectivity index (χ4v) is 1.72. The zero-order valence-electron chi connectivity index (χ0n) is 9.83. The van der Waals surface area contributed by atoms with E-state index in [1.807, 2.05) is 0 Å². The van der Waals surface area contributed by atoms with Crippen LogP contribution in [0, 0.1) is 0 Å². The van der Waals surface area contributed by atoms with Crippen LogP contribution in [0.15, 0.2) is 0 Å². The average Bonchev–Trinajstić information content (AvgIpc) is 2.28. The third kappa shape index (κ3) is 4.21. The number of urea groups is 1. The number of piperidine rings is 1. The highest BCUT2D eigenvalue weighted by atomic mass is 16.4. The number of carbonyl (C=O) groups excluding carboxylic acids is 1. The molecule has 1 rings (SSSR count). The van der Waals surface area contributed by atoms with E-state index in [0.717, 1.165) is 0 Å². The summed E-state index contributed by atoms with van der Waals surface area (Å²) in [5, 5.41) is 19.5. The van der Waals surface area contributed by atoms with Crippen molar-refractivity contribution in [2.24, 2.45) is 5.73 Å². The van der Waals surface area contributed by atoms with Gasteiger partial charge in [0.25, 0.3) is 0 Å². The topological polar surface area (TPSA) is 133 Å². The monoisotopic (exact) mass is 259 g/mol. The Morgan fingerprint density at radius 2 is 1.83 bits per heavy atom. The molecule has 0 radical (unpaired) electrons. The van der Waals surface area contributed by atoms with Gasteiger partial charge in [0.05, 0.1) is 6.42 Å². The molecular weight excluding hydrogens is 242 g/mol. The van der Waals surface area contributed by atoms with Crippen molar-refractivity contribution in [3.05, 3.63) is 0 Å². The van der Waals surface area contributed by atoms with Gasteiger partial charge >= 0.3 is 18.0 Å². The molecule has 2 amide bonds. The molecule has 1 fully saturated rings. The van der Waals surface area contributed by atoms with Gasteiger partial charge in [-0.2, -0.15) is 0 Å². The molecule has 8 nitrogen and oxygen atoms in total. The molecule has 1 aliphatic rings. The zero-order valence-corrected chi connectivity index (χ0v) is 9.83. The lowest BCUT2D eigenvalue weighted by Gasteiger charge is -2.31. The number of hydrogen-bond acceptors (Lipinski definition) is 4. The first-order valence-electron chi connectivity index (χ1n) is 5.65. The van der Waals surface area contributed by atoms with Crippen molar-refractivity contribution in [2.75, 3.05) is 13.1 Å². The van der Waals surface area contributed by atoms with Crippen molar-refractivity contribution in [1.29, 1.82) is 0 Å². The first kappa shape index (κ1) is 14.2. The molecule has 1 heterocycles. The van der Waals surface area contributed by atoms with Crippen molar-refractivity contribution >= 4 is 18.0 Å². The van der Waals surface area contributed by atoms with E-state index in [2.05, 4.69) is 5.32 Å². The number of nitrogens with two attached hydrogens (primary N) is 1. The van der Waals surface area contributed by atoms with Crippen molar-refractivity contribution < 1.29 is 24.6 Å². The van der Waals surface area contributed by atoms with Crippen LogP contribution >= 0.6 is 0 Å². The summed E-state index contributed by atoms with van der Waals surface area (Å²) in [6.45, 7) is 0.902. The van der Waals surface area contributed by atoms with Crippen LogP contribution in [-0.2, 0) is 9.59 Å². The number of likely N-dealkylation sites (tertiary alicyclic amines) is 1. The smallest absolute Gasteiger partial charge is 0.326 e. The quantitative estimate of drug-likeness (QED) is 0.514. The van der Waals surface area contributed by atoms with Gasteiger partial charge in [-0.3, -0.25) is 4.79 Å². The molecule has 0 unspecified atom stereocenters. The standard InChI is InChI=1S/C10H17N3O5/c11-6-1-3-13(4-2-6)10(18)12-7(9(16)17)5-8(14)15/h6-7H,1-5,11H2,(H,12,18)(H,14,15)(H,16,17)/t7-/m1/s1. The predicted molar refractivity (Wildman–Crippen MR) is 61.0 cm³/mol. The SMILES string of the molecule is NC1CCN(C(=O)N[C@H](CC(=O)O)C(=O)O)CC1. The van der Waals surface area contributed by atoms with Crippen molar-refractivity contribution in [2.45, 2.75) is 31.3 Å². The number of amides is 2. The van der Waals surface area contributed by atoms with Crippen LogP contribution < -0.4 is 11.1 Å². The lowest BCUT2D eigenvalue weighted by atomic mass is 10.1. The summed E-state index contributed by atoms with van der Waals surface area (Å²) in [5.41, 5.74) is 5.68. The summed E-state index contributed by atoms with van der Waals surface area (Å²) in [5.74, 6) is -2.64. The molecule has 1 aliphatic heterocycles. The summed E-state index contributed by atoms with van der Waals surface area (Å²) in [7, 11) is 0. The van der Waals surface area contributed by atoms with Crippen LogP contribution in [0.2, 0.25) is 0 Å². The normalized spacial score (nSPS) is 18.2. The van der Waals surface area contributed by atoms with Gasteiger partial charge in [-0.15, -0.1) is 0 Å². The number of carboxylic acids is 2. The molecule has 0 aliphatic carbocycles. The Bertz CT molecular complexity index is 338. The van der Waals surface area contributed by atoms with Crippen LogP contribution in [0.3, 0.4) is 0 Å². The highest BCUT2D eigenvalue weighted by Crippen LogP contribution is 2.08. The van der Waals surface area contributed by atoms with Crippen molar-refractivity contribution in [3.8, 4) is 0 Å². The Balaban J connectivity index is 2.50. The molecule has 1 saturated heterocycles. The minimum absolute atomic E-state index is 0.0586. The molecule has 8 heteroatoms. The second-order valence-electron chi connectivity index (χ2n) is 4.26.